The maximum atomic E-state index is 5.86. The van der Waals surface area contributed by atoms with E-state index in [0.717, 1.165) is 9.35 Å². The number of nitrogens with two attached hydrogens (primary N) is 1. The number of aryl methyl sites for hydroxylation is 2. The number of anilines is 1. The van der Waals surface area contributed by atoms with Crippen LogP contribution in [-0.2, 0) is 0 Å². The number of rotatable bonds is 2. The third-order valence-electron chi connectivity index (χ3n) is 1.77. The fraction of sp³-hybridized carbons (Fsp3) is 0.250. The van der Waals surface area contributed by atoms with Crippen LogP contribution in [-0.4, -0.2) is 20.2 Å². The first kappa shape index (κ1) is 11.6. The van der Waals surface area contributed by atoms with Gasteiger partial charge in [-0.25, -0.2) is 9.97 Å². The molecule has 0 bridgehead atoms. The zero-order valence-electron chi connectivity index (χ0n) is 8.56. The quantitative estimate of drug-likeness (QED) is 0.668. The summed E-state index contributed by atoms with van der Waals surface area (Å²) < 4.78 is 0.790. The average Bonchev–Trinajstić information content (AvgIpc) is 2.60. The molecule has 5 nitrogen and oxygen atoms in total. The van der Waals surface area contributed by atoms with Crippen LogP contribution in [0.2, 0.25) is 5.28 Å². The van der Waals surface area contributed by atoms with Gasteiger partial charge < -0.3 is 5.73 Å². The predicted molar refractivity (Wildman–Crippen MR) is 65.0 cm³/mol. The summed E-state index contributed by atoms with van der Waals surface area (Å²) >= 11 is 8.60. The van der Waals surface area contributed by atoms with Crippen molar-refractivity contribution >= 4 is 40.4 Å². The molecular formula is C8H8ClN5S2. The second kappa shape index (κ2) is 4.52. The van der Waals surface area contributed by atoms with Crippen molar-refractivity contribution in [3.8, 4) is 0 Å². The highest BCUT2D eigenvalue weighted by Crippen LogP contribution is 2.33. The summed E-state index contributed by atoms with van der Waals surface area (Å²) in [5.74, 6) is 0. The Kier molecular flexibility index (Phi) is 3.27. The highest BCUT2D eigenvalue weighted by atomic mass is 35.5. The second-order valence-corrected chi connectivity index (χ2v) is 5.74. The van der Waals surface area contributed by atoms with Gasteiger partial charge in [-0.3, -0.25) is 0 Å². The van der Waals surface area contributed by atoms with Gasteiger partial charge in [0.25, 0.3) is 0 Å². The van der Waals surface area contributed by atoms with Gasteiger partial charge >= 0.3 is 0 Å². The van der Waals surface area contributed by atoms with Crippen molar-refractivity contribution < 1.29 is 0 Å². The van der Waals surface area contributed by atoms with E-state index in [1.165, 1.54) is 23.1 Å². The third-order valence-corrected chi connectivity index (χ3v) is 3.83. The Hall–Kier alpha value is -0.920. The number of aromatic nitrogens is 4. The smallest absolute Gasteiger partial charge is 0.223 e. The SMILES string of the molecule is Cc1nnc(Sc2nc(Cl)nc(C)c2N)s1. The molecule has 0 aliphatic carbocycles. The molecule has 0 fully saturated rings. The minimum atomic E-state index is 0.190. The second-order valence-electron chi connectivity index (χ2n) is 2.99. The number of nitrogen functional groups attached to an aromatic ring is 1. The highest BCUT2D eigenvalue weighted by molar-refractivity contribution is 8.01. The van der Waals surface area contributed by atoms with E-state index in [-0.39, 0.29) is 5.28 Å². The van der Waals surface area contributed by atoms with E-state index in [1.54, 1.807) is 6.92 Å². The molecule has 84 valence electrons. The lowest BCUT2D eigenvalue weighted by atomic mass is 10.4. The van der Waals surface area contributed by atoms with E-state index in [9.17, 15) is 0 Å². The number of halogens is 1. The number of hydrogen-bond acceptors (Lipinski definition) is 7. The van der Waals surface area contributed by atoms with E-state index in [0.29, 0.717) is 16.4 Å². The Labute approximate surface area is 105 Å². The Morgan fingerprint density at radius 2 is 2.00 bits per heavy atom. The molecule has 2 aromatic rings. The molecule has 0 radical (unpaired) electrons. The van der Waals surface area contributed by atoms with Crippen molar-refractivity contribution in [2.45, 2.75) is 23.2 Å². The van der Waals surface area contributed by atoms with Crippen LogP contribution in [0.5, 0.6) is 0 Å². The highest BCUT2D eigenvalue weighted by Gasteiger charge is 2.11. The van der Waals surface area contributed by atoms with E-state index >= 15 is 0 Å². The molecular weight excluding hydrogens is 266 g/mol. The molecule has 0 aliphatic rings. The third kappa shape index (κ3) is 2.42. The van der Waals surface area contributed by atoms with E-state index in [1.807, 2.05) is 6.92 Å². The van der Waals surface area contributed by atoms with Crippen molar-refractivity contribution in [3.63, 3.8) is 0 Å². The van der Waals surface area contributed by atoms with Crippen LogP contribution in [0, 0.1) is 13.8 Å². The fourth-order valence-corrected chi connectivity index (χ4v) is 3.08. The number of nitrogens with zero attached hydrogens (tertiary/aromatic N) is 4. The molecule has 16 heavy (non-hydrogen) atoms. The maximum absolute atomic E-state index is 5.86. The fourth-order valence-electron chi connectivity index (χ4n) is 1.00. The molecule has 2 N–H and O–H groups in total. The molecule has 2 rings (SSSR count). The van der Waals surface area contributed by atoms with Crippen molar-refractivity contribution in [1.29, 1.82) is 0 Å². The van der Waals surface area contributed by atoms with Gasteiger partial charge in [-0.15, -0.1) is 10.2 Å². The Morgan fingerprint density at radius 1 is 1.25 bits per heavy atom. The topological polar surface area (TPSA) is 77.6 Å². The molecule has 0 aliphatic heterocycles. The van der Waals surface area contributed by atoms with Gasteiger partial charge in [-0.1, -0.05) is 11.3 Å². The molecule has 0 spiro atoms. The first-order valence-corrected chi connectivity index (χ1v) is 6.35. The lowest BCUT2D eigenvalue weighted by Crippen LogP contribution is -1.99. The van der Waals surface area contributed by atoms with Gasteiger partial charge in [0.15, 0.2) is 4.34 Å². The summed E-state index contributed by atoms with van der Waals surface area (Å²) in [7, 11) is 0. The summed E-state index contributed by atoms with van der Waals surface area (Å²) in [5.41, 5.74) is 7.06. The molecule has 0 atom stereocenters. The Balaban J connectivity index is 2.34. The van der Waals surface area contributed by atoms with E-state index < -0.39 is 0 Å². The van der Waals surface area contributed by atoms with Crippen molar-refractivity contribution in [1.82, 2.24) is 20.2 Å². The van der Waals surface area contributed by atoms with Gasteiger partial charge in [-0.05, 0) is 37.2 Å². The molecule has 8 heteroatoms. The van der Waals surface area contributed by atoms with Gasteiger partial charge in [0.2, 0.25) is 5.28 Å². The van der Waals surface area contributed by atoms with Gasteiger partial charge in [0, 0.05) is 0 Å². The van der Waals surface area contributed by atoms with E-state index in [2.05, 4.69) is 20.2 Å². The molecule has 0 saturated heterocycles. The Morgan fingerprint density at radius 3 is 2.62 bits per heavy atom. The largest absolute Gasteiger partial charge is 0.395 e. The van der Waals surface area contributed by atoms with Crippen LogP contribution >= 0.6 is 34.7 Å². The van der Waals surface area contributed by atoms with Gasteiger partial charge in [0.1, 0.15) is 10.0 Å². The summed E-state index contributed by atoms with van der Waals surface area (Å²) in [6.07, 6.45) is 0. The normalized spacial score (nSPS) is 10.7. The van der Waals surface area contributed by atoms with Crippen LogP contribution in [0.1, 0.15) is 10.7 Å². The minimum Gasteiger partial charge on any atom is -0.395 e. The van der Waals surface area contributed by atoms with Crippen molar-refractivity contribution in [2.75, 3.05) is 5.73 Å². The van der Waals surface area contributed by atoms with Crippen LogP contribution in [0.25, 0.3) is 0 Å². The molecule has 0 saturated carbocycles. The van der Waals surface area contributed by atoms with Crippen molar-refractivity contribution in [3.05, 3.63) is 16.0 Å². The molecule has 0 aromatic carbocycles. The molecule has 0 unspecified atom stereocenters. The molecule has 0 amide bonds. The molecule has 2 heterocycles. The zero-order chi connectivity index (χ0) is 11.7. The summed E-state index contributed by atoms with van der Waals surface area (Å²) in [6.45, 7) is 3.68. The standard InChI is InChI=1S/C8H8ClN5S2/c1-3-5(10)6(12-7(9)11-3)16-8-14-13-4(2)15-8/h10H2,1-2H3. The average molecular weight is 274 g/mol. The lowest BCUT2D eigenvalue weighted by Gasteiger charge is -2.04. The first-order chi connectivity index (χ1) is 7.56. The molecule has 2 aromatic heterocycles. The van der Waals surface area contributed by atoms with Gasteiger partial charge in [-0.2, -0.15) is 0 Å². The Bertz CT molecular complexity index is 527. The van der Waals surface area contributed by atoms with Crippen molar-refractivity contribution in [2.24, 2.45) is 0 Å². The predicted octanol–water partition coefficient (Wildman–Crippen LogP) is 2.33. The summed E-state index contributed by atoms with van der Waals surface area (Å²) in [5, 5.41) is 9.61. The van der Waals surface area contributed by atoms with E-state index in [4.69, 9.17) is 17.3 Å². The zero-order valence-corrected chi connectivity index (χ0v) is 10.9. The minimum absolute atomic E-state index is 0.190. The number of hydrogen-bond donors (Lipinski definition) is 1. The van der Waals surface area contributed by atoms with Crippen LogP contribution < -0.4 is 5.73 Å². The summed E-state index contributed by atoms with van der Waals surface area (Å²) in [4.78, 5) is 8.03. The van der Waals surface area contributed by atoms with Crippen LogP contribution in [0.3, 0.4) is 0 Å². The maximum Gasteiger partial charge on any atom is 0.223 e. The van der Waals surface area contributed by atoms with Gasteiger partial charge in [0.05, 0.1) is 11.4 Å². The monoisotopic (exact) mass is 273 g/mol. The van der Waals surface area contributed by atoms with Crippen LogP contribution in [0.4, 0.5) is 5.69 Å². The summed E-state index contributed by atoms with van der Waals surface area (Å²) in [6, 6.07) is 0. The first-order valence-electron chi connectivity index (χ1n) is 4.34. The lowest BCUT2D eigenvalue weighted by molar-refractivity contribution is 0.974. The van der Waals surface area contributed by atoms with Crippen LogP contribution in [0.15, 0.2) is 9.37 Å².